The highest BCUT2D eigenvalue weighted by Gasteiger charge is 2.42. The van der Waals surface area contributed by atoms with E-state index in [1.165, 1.54) is 33.2 Å². The van der Waals surface area contributed by atoms with Gasteiger partial charge in [0.25, 0.3) is 5.91 Å². The van der Waals surface area contributed by atoms with Crippen LogP contribution in [0.2, 0.25) is 0 Å². The van der Waals surface area contributed by atoms with Crippen molar-refractivity contribution in [3.63, 3.8) is 0 Å². The fourth-order valence-corrected chi connectivity index (χ4v) is 4.21. The van der Waals surface area contributed by atoms with Crippen molar-refractivity contribution in [3.8, 4) is 23.0 Å². The average Bonchev–Trinajstić information content (AvgIpc) is 2.84. The second-order valence-electron chi connectivity index (χ2n) is 8.03. The molecule has 1 saturated heterocycles. The second-order valence-corrected chi connectivity index (χ2v) is 8.03. The van der Waals surface area contributed by atoms with Crippen molar-refractivity contribution >= 4 is 23.8 Å². The van der Waals surface area contributed by atoms with Crippen molar-refractivity contribution < 1.29 is 33.3 Å². The minimum absolute atomic E-state index is 0.0454. The van der Waals surface area contributed by atoms with Crippen molar-refractivity contribution in [1.29, 1.82) is 0 Å². The van der Waals surface area contributed by atoms with E-state index in [0.717, 1.165) is 10.5 Å². The highest BCUT2D eigenvalue weighted by molar-refractivity contribution is 6.13. The number of carbonyl (C=O) groups excluding carboxylic acids is 3. The Labute approximate surface area is 204 Å². The zero-order valence-corrected chi connectivity index (χ0v) is 21.0. The van der Waals surface area contributed by atoms with Crippen LogP contribution < -0.4 is 18.9 Å². The van der Waals surface area contributed by atoms with Gasteiger partial charge in [-0.3, -0.25) is 19.3 Å². The van der Waals surface area contributed by atoms with Crippen LogP contribution in [0.25, 0.3) is 6.08 Å². The number of carbonyl (C=O) groups is 3. The molecule has 2 aromatic carbocycles. The molecule has 0 bridgehead atoms. The Balaban J connectivity index is 2.19. The number of nitrogens with zero attached hydrogens (tertiary/aromatic N) is 2. The molecule has 1 heterocycles. The average molecular weight is 483 g/mol. The predicted octanol–water partition coefficient (Wildman–Crippen LogP) is 3.18. The quantitative estimate of drug-likeness (QED) is 0.560. The van der Waals surface area contributed by atoms with Gasteiger partial charge in [-0.1, -0.05) is 12.1 Å². The Morgan fingerprint density at radius 3 is 2.11 bits per heavy atom. The third-order valence-corrected chi connectivity index (χ3v) is 5.95. The van der Waals surface area contributed by atoms with E-state index in [1.807, 2.05) is 12.1 Å². The van der Waals surface area contributed by atoms with Crippen LogP contribution in [0.1, 0.15) is 30.5 Å². The summed E-state index contributed by atoms with van der Waals surface area (Å²) in [5.41, 5.74) is 1.99. The zero-order chi connectivity index (χ0) is 25.9. The van der Waals surface area contributed by atoms with Gasteiger partial charge in [-0.05, 0) is 43.7 Å². The Morgan fingerprint density at radius 1 is 0.971 bits per heavy atom. The highest BCUT2D eigenvalue weighted by Crippen LogP contribution is 2.41. The molecule has 0 spiro atoms. The lowest BCUT2D eigenvalue weighted by Crippen LogP contribution is -2.58. The lowest BCUT2D eigenvalue weighted by atomic mass is 10.0. The topological polar surface area (TPSA) is 94.6 Å². The molecule has 1 atom stereocenters. The molecule has 2 aromatic rings. The predicted molar refractivity (Wildman–Crippen MR) is 129 cm³/mol. The van der Waals surface area contributed by atoms with Crippen LogP contribution in [0, 0.1) is 6.92 Å². The number of piperazine rings is 1. The molecule has 9 nitrogen and oxygen atoms in total. The Kier molecular flexibility index (Phi) is 7.68. The van der Waals surface area contributed by atoms with E-state index in [1.54, 1.807) is 45.2 Å². The summed E-state index contributed by atoms with van der Waals surface area (Å²) in [6.07, 6.45) is 1.54. The van der Waals surface area contributed by atoms with Crippen LogP contribution in [0.5, 0.6) is 23.0 Å². The normalized spacial score (nSPS) is 17.0. The van der Waals surface area contributed by atoms with E-state index < -0.39 is 17.9 Å². The van der Waals surface area contributed by atoms with E-state index in [9.17, 15) is 14.4 Å². The Bertz CT molecular complexity index is 1170. The summed E-state index contributed by atoms with van der Waals surface area (Å²) in [7, 11) is 6.10. The molecule has 35 heavy (non-hydrogen) atoms. The monoisotopic (exact) mass is 482 g/mol. The molecule has 0 unspecified atom stereocenters. The van der Waals surface area contributed by atoms with Crippen molar-refractivity contribution in [1.82, 2.24) is 9.80 Å². The van der Waals surface area contributed by atoms with Gasteiger partial charge in [-0.15, -0.1) is 0 Å². The van der Waals surface area contributed by atoms with Gasteiger partial charge in [0.1, 0.15) is 23.2 Å². The smallest absolute Gasteiger partial charge is 0.277 e. The number of benzene rings is 2. The van der Waals surface area contributed by atoms with Gasteiger partial charge in [0.15, 0.2) is 11.5 Å². The molecule has 0 saturated carbocycles. The van der Waals surface area contributed by atoms with E-state index in [0.29, 0.717) is 34.1 Å². The van der Waals surface area contributed by atoms with Gasteiger partial charge in [0.2, 0.25) is 11.8 Å². The summed E-state index contributed by atoms with van der Waals surface area (Å²) >= 11 is 0. The molecular formula is C26H30N2O7. The summed E-state index contributed by atoms with van der Waals surface area (Å²) < 4.78 is 21.7. The first-order chi connectivity index (χ1) is 16.7. The van der Waals surface area contributed by atoms with Gasteiger partial charge in [-0.2, -0.15) is 0 Å². The fraction of sp³-hybridized carbons (Fsp3) is 0.346. The van der Waals surface area contributed by atoms with E-state index >= 15 is 0 Å². The Morgan fingerprint density at radius 2 is 1.60 bits per heavy atom. The van der Waals surface area contributed by atoms with Gasteiger partial charge >= 0.3 is 0 Å². The standard InChI is InChI=1S/C26H30N2O7/c1-15-23(34-6)19(13-22(33-5)24(15)35-7)12-21-26(31)28(17(3)29)16(2)25(30)27(21)14-18-8-10-20(32-4)11-9-18/h8-13,16H,14H2,1-7H3/b21-12-/t16-/m0/s1. The first-order valence-corrected chi connectivity index (χ1v) is 11.0. The van der Waals surface area contributed by atoms with Gasteiger partial charge < -0.3 is 23.8 Å². The van der Waals surface area contributed by atoms with Crippen LogP contribution in [-0.2, 0) is 20.9 Å². The maximum absolute atomic E-state index is 13.5. The van der Waals surface area contributed by atoms with Crippen molar-refractivity contribution in [2.24, 2.45) is 0 Å². The third kappa shape index (κ3) is 4.80. The minimum atomic E-state index is -0.940. The largest absolute Gasteiger partial charge is 0.497 e. The van der Waals surface area contributed by atoms with E-state index in [2.05, 4.69) is 0 Å². The second kappa shape index (κ2) is 10.5. The van der Waals surface area contributed by atoms with Gasteiger partial charge in [0.05, 0.1) is 35.0 Å². The number of methoxy groups -OCH3 is 4. The molecule has 3 rings (SSSR count). The molecule has 0 radical (unpaired) electrons. The minimum Gasteiger partial charge on any atom is -0.497 e. The SMILES string of the molecule is COc1ccc(CN2C(=O)[C@H](C)N(C(C)=O)C(=O)/C2=C/c2cc(OC)c(OC)c(C)c2OC)cc1. The maximum atomic E-state index is 13.5. The maximum Gasteiger partial charge on any atom is 0.277 e. The molecule has 186 valence electrons. The summed E-state index contributed by atoms with van der Waals surface area (Å²) in [6.45, 7) is 4.74. The first-order valence-electron chi connectivity index (χ1n) is 11.0. The van der Waals surface area contributed by atoms with Crippen LogP contribution >= 0.6 is 0 Å². The summed E-state index contributed by atoms with van der Waals surface area (Å²) in [4.78, 5) is 41.6. The number of amides is 3. The van der Waals surface area contributed by atoms with Gasteiger partial charge in [-0.25, -0.2) is 0 Å². The summed E-state index contributed by atoms with van der Waals surface area (Å²) in [5.74, 6) is 0.587. The molecular weight excluding hydrogens is 452 g/mol. The number of imide groups is 1. The molecule has 1 aliphatic rings. The molecule has 3 amide bonds. The molecule has 1 fully saturated rings. The summed E-state index contributed by atoms with van der Waals surface area (Å²) in [6, 6.07) is 7.91. The van der Waals surface area contributed by atoms with E-state index in [-0.39, 0.29) is 18.1 Å². The highest BCUT2D eigenvalue weighted by atomic mass is 16.5. The van der Waals surface area contributed by atoms with Crippen LogP contribution in [0.3, 0.4) is 0 Å². The van der Waals surface area contributed by atoms with Crippen molar-refractivity contribution in [2.75, 3.05) is 28.4 Å². The lowest BCUT2D eigenvalue weighted by molar-refractivity contribution is -0.157. The summed E-state index contributed by atoms with van der Waals surface area (Å²) in [5, 5.41) is 0. The number of rotatable bonds is 7. The van der Waals surface area contributed by atoms with Crippen LogP contribution in [0.15, 0.2) is 36.0 Å². The van der Waals surface area contributed by atoms with Crippen LogP contribution in [-0.4, -0.2) is 62.0 Å². The third-order valence-electron chi connectivity index (χ3n) is 5.95. The molecule has 0 aromatic heterocycles. The van der Waals surface area contributed by atoms with Crippen molar-refractivity contribution in [2.45, 2.75) is 33.4 Å². The molecule has 0 N–H and O–H groups in total. The molecule has 9 heteroatoms. The Hall–Kier alpha value is -4.01. The van der Waals surface area contributed by atoms with E-state index in [4.69, 9.17) is 18.9 Å². The molecule has 1 aliphatic heterocycles. The van der Waals surface area contributed by atoms with Crippen molar-refractivity contribution in [3.05, 3.63) is 52.7 Å². The number of hydrogen-bond donors (Lipinski definition) is 0. The zero-order valence-electron chi connectivity index (χ0n) is 21.0. The molecule has 0 aliphatic carbocycles. The van der Waals surface area contributed by atoms with Crippen LogP contribution in [0.4, 0.5) is 0 Å². The van der Waals surface area contributed by atoms with Gasteiger partial charge in [0, 0.05) is 18.1 Å². The first kappa shape index (κ1) is 25.6. The number of ether oxygens (including phenoxy) is 4. The lowest BCUT2D eigenvalue weighted by Gasteiger charge is -2.38. The fourth-order valence-electron chi connectivity index (χ4n) is 4.21. The number of hydrogen-bond acceptors (Lipinski definition) is 7.